The second-order valence-corrected chi connectivity index (χ2v) is 4.52. The maximum absolute atomic E-state index is 10.1. The molecule has 0 aliphatic carbocycles. The van der Waals surface area contributed by atoms with E-state index in [2.05, 4.69) is 36.1 Å². The molecule has 0 saturated carbocycles. The van der Waals surface area contributed by atoms with Crippen LogP contribution >= 0.6 is 0 Å². The van der Waals surface area contributed by atoms with Crippen LogP contribution in [0.1, 0.15) is 25.3 Å². The van der Waals surface area contributed by atoms with E-state index in [0.29, 0.717) is 0 Å². The molecule has 1 heterocycles. The van der Waals surface area contributed by atoms with Crippen LogP contribution in [0.25, 0.3) is 0 Å². The van der Waals surface area contributed by atoms with Gasteiger partial charge in [0.25, 0.3) is 0 Å². The van der Waals surface area contributed by atoms with Crippen molar-refractivity contribution in [3.8, 4) is 0 Å². The van der Waals surface area contributed by atoms with Gasteiger partial charge in [-0.15, -0.1) is 0 Å². The lowest BCUT2D eigenvalue weighted by molar-refractivity contribution is 0.0447. The van der Waals surface area contributed by atoms with Crippen molar-refractivity contribution in [1.82, 2.24) is 4.90 Å². The number of nitrogens with zero attached hydrogens (tertiary/aromatic N) is 1. The van der Waals surface area contributed by atoms with Gasteiger partial charge in [0.05, 0.1) is 5.60 Å². The summed E-state index contributed by atoms with van der Waals surface area (Å²) in [6, 6.07) is 10.5. The van der Waals surface area contributed by atoms with Gasteiger partial charge in [0, 0.05) is 19.6 Å². The summed E-state index contributed by atoms with van der Waals surface area (Å²) in [5.41, 5.74) is 0.896. The quantitative estimate of drug-likeness (QED) is 0.816. The molecular weight excluding hydrogens is 186 g/mol. The molecule has 0 aromatic heterocycles. The summed E-state index contributed by atoms with van der Waals surface area (Å²) in [7, 11) is 0. The maximum Gasteiger partial charge on any atom is 0.0783 e. The Morgan fingerprint density at radius 3 is 2.67 bits per heavy atom. The van der Waals surface area contributed by atoms with Gasteiger partial charge in [0.1, 0.15) is 0 Å². The number of β-amino-alcohol motifs (C(OH)–C–C–N with tert-alkyl or cyclic N) is 1. The van der Waals surface area contributed by atoms with Gasteiger partial charge in [0.2, 0.25) is 0 Å². The van der Waals surface area contributed by atoms with E-state index in [4.69, 9.17) is 0 Å². The third-order valence-corrected chi connectivity index (χ3v) is 3.32. The van der Waals surface area contributed by atoms with Crippen molar-refractivity contribution in [2.24, 2.45) is 0 Å². The lowest BCUT2D eigenvalue weighted by Crippen LogP contribution is -2.32. The minimum atomic E-state index is -0.436. The second-order valence-electron chi connectivity index (χ2n) is 4.52. The summed E-state index contributed by atoms with van der Waals surface area (Å²) in [5.74, 6) is 0. The van der Waals surface area contributed by atoms with Gasteiger partial charge in [-0.3, -0.25) is 4.90 Å². The van der Waals surface area contributed by atoms with Gasteiger partial charge < -0.3 is 5.11 Å². The Morgan fingerprint density at radius 2 is 2.07 bits per heavy atom. The average molecular weight is 205 g/mol. The van der Waals surface area contributed by atoms with Crippen LogP contribution in [0.3, 0.4) is 0 Å². The first-order chi connectivity index (χ1) is 7.22. The first kappa shape index (κ1) is 10.7. The van der Waals surface area contributed by atoms with E-state index < -0.39 is 5.60 Å². The number of rotatable bonds is 3. The Balaban J connectivity index is 1.93. The fourth-order valence-corrected chi connectivity index (χ4v) is 2.21. The Morgan fingerprint density at radius 1 is 1.33 bits per heavy atom. The first-order valence-electron chi connectivity index (χ1n) is 5.70. The summed E-state index contributed by atoms with van der Waals surface area (Å²) >= 11 is 0. The van der Waals surface area contributed by atoms with E-state index in [9.17, 15) is 5.11 Å². The molecule has 2 rings (SSSR count). The average Bonchev–Trinajstić information content (AvgIpc) is 2.63. The topological polar surface area (TPSA) is 23.5 Å². The molecule has 2 nitrogen and oxygen atoms in total. The summed E-state index contributed by atoms with van der Waals surface area (Å²) in [4.78, 5) is 2.33. The minimum Gasteiger partial charge on any atom is -0.389 e. The van der Waals surface area contributed by atoms with E-state index in [0.717, 1.165) is 32.5 Å². The van der Waals surface area contributed by atoms with Crippen LogP contribution in [0.2, 0.25) is 0 Å². The van der Waals surface area contributed by atoms with Crippen LogP contribution in [0, 0.1) is 0 Å². The zero-order chi connectivity index (χ0) is 10.7. The van der Waals surface area contributed by atoms with Crippen molar-refractivity contribution >= 4 is 0 Å². The number of hydrogen-bond acceptors (Lipinski definition) is 2. The molecule has 1 atom stereocenters. The van der Waals surface area contributed by atoms with Gasteiger partial charge in [0.15, 0.2) is 0 Å². The van der Waals surface area contributed by atoms with Crippen molar-refractivity contribution < 1.29 is 5.11 Å². The summed E-state index contributed by atoms with van der Waals surface area (Å²) in [6.45, 7) is 4.85. The molecule has 15 heavy (non-hydrogen) atoms. The molecule has 1 unspecified atom stereocenters. The molecule has 0 bridgehead atoms. The molecule has 1 fully saturated rings. The Labute approximate surface area is 91.5 Å². The number of hydrogen-bond donors (Lipinski definition) is 1. The molecule has 2 heteroatoms. The van der Waals surface area contributed by atoms with Crippen LogP contribution in [0.15, 0.2) is 30.3 Å². The molecular formula is C13H19NO. The molecule has 1 aromatic carbocycles. The highest BCUT2D eigenvalue weighted by Gasteiger charge is 2.33. The normalized spacial score (nSPS) is 27.1. The zero-order valence-electron chi connectivity index (χ0n) is 9.32. The Bertz CT molecular complexity index is 312. The highest BCUT2D eigenvalue weighted by atomic mass is 16.3. The molecule has 1 aliphatic rings. The predicted molar refractivity (Wildman–Crippen MR) is 61.6 cm³/mol. The van der Waals surface area contributed by atoms with Crippen LogP contribution < -0.4 is 0 Å². The molecule has 1 saturated heterocycles. The lowest BCUT2D eigenvalue weighted by atomic mass is 10.0. The Kier molecular flexibility index (Phi) is 3.08. The fourth-order valence-electron chi connectivity index (χ4n) is 2.21. The molecule has 1 aromatic rings. The predicted octanol–water partition coefficient (Wildman–Crippen LogP) is 2.03. The monoisotopic (exact) mass is 205 g/mol. The van der Waals surface area contributed by atoms with E-state index in [1.54, 1.807) is 0 Å². The van der Waals surface area contributed by atoms with Gasteiger partial charge >= 0.3 is 0 Å². The highest BCUT2D eigenvalue weighted by molar-refractivity contribution is 5.14. The van der Waals surface area contributed by atoms with Crippen molar-refractivity contribution in [2.75, 3.05) is 13.1 Å². The molecule has 82 valence electrons. The van der Waals surface area contributed by atoms with E-state index in [1.807, 2.05) is 6.07 Å². The summed E-state index contributed by atoms with van der Waals surface area (Å²) < 4.78 is 0. The summed E-state index contributed by atoms with van der Waals surface area (Å²) in [6.07, 6.45) is 1.77. The largest absolute Gasteiger partial charge is 0.389 e. The van der Waals surface area contributed by atoms with Gasteiger partial charge in [-0.05, 0) is 18.4 Å². The minimum absolute atomic E-state index is 0.436. The van der Waals surface area contributed by atoms with Crippen LogP contribution in [0.4, 0.5) is 0 Å². The lowest BCUT2D eigenvalue weighted by Gasteiger charge is -2.21. The molecule has 0 amide bonds. The van der Waals surface area contributed by atoms with Crippen molar-refractivity contribution in [3.63, 3.8) is 0 Å². The standard InChI is InChI=1S/C13H19NO/c1-2-13(15)8-9-14(11-13)10-12-6-4-3-5-7-12/h3-7,15H,2,8-11H2,1H3. The maximum atomic E-state index is 10.1. The van der Waals surface area contributed by atoms with E-state index in [-0.39, 0.29) is 0 Å². The smallest absolute Gasteiger partial charge is 0.0783 e. The van der Waals surface area contributed by atoms with Crippen molar-refractivity contribution in [3.05, 3.63) is 35.9 Å². The molecule has 0 radical (unpaired) electrons. The van der Waals surface area contributed by atoms with Gasteiger partial charge in [-0.25, -0.2) is 0 Å². The van der Waals surface area contributed by atoms with Crippen LogP contribution in [-0.4, -0.2) is 28.7 Å². The van der Waals surface area contributed by atoms with Gasteiger partial charge in [-0.1, -0.05) is 37.3 Å². The van der Waals surface area contributed by atoms with E-state index in [1.165, 1.54) is 5.56 Å². The summed E-state index contributed by atoms with van der Waals surface area (Å²) in [5, 5.41) is 10.1. The zero-order valence-corrected chi connectivity index (χ0v) is 9.32. The molecule has 1 aliphatic heterocycles. The molecule has 0 spiro atoms. The highest BCUT2D eigenvalue weighted by Crippen LogP contribution is 2.25. The van der Waals surface area contributed by atoms with Crippen molar-refractivity contribution in [1.29, 1.82) is 0 Å². The fraction of sp³-hybridized carbons (Fsp3) is 0.538. The van der Waals surface area contributed by atoms with Crippen LogP contribution in [-0.2, 0) is 6.54 Å². The first-order valence-corrected chi connectivity index (χ1v) is 5.70. The third-order valence-electron chi connectivity index (χ3n) is 3.32. The van der Waals surface area contributed by atoms with Crippen molar-refractivity contribution in [2.45, 2.75) is 31.9 Å². The van der Waals surface area contributed by atoms with Gasteiger partial charge in [-0.2, -0.15) is 0 Å². The third kappa shape index (κ3) is 2.58. The second kappa shape index (κ2) is 4.33. The number of benzene rings is 1. The van der Waals surface area contributed by atoms with E-state index >= 15 is 0 Å². The number of aliphatic hydroxyl groups is 1. The van der Waals surface area contributed by atoms with Crippen LogP contribution in [0.5, 0.6) is 0 Å². The molecule has 1 N–H and O–H groups in total. The number of likely N-dealkylation sites (tertiary alicyclic amines) is 1. The SMILES string of the molecule is CCC1(O)CCN(Cc2ccccc2)C1. The Hall–Kier alpha value is -0.860.